The first-order valence-electron chi connectivity index (χ1n) is 5.86. The van der Waals surface area contributed by atoms with Gasteiger partial charge in [-0.05, 0) is 29.7 Å². The minimum absolute atomic E-state index is 0.176. The number of hydrogen-bond acceptors (Lipinski definition) is 2. The van der Waals surface area contributed by atoms with Gasteiger partial charge in [-0.25, -0.2) is 4.39 Å². The van der Waals surface area contributed by atoms with Crippen LogP contribution in [0.5, 0.6) is 0 Å². The molecule has 5 heteroatoms. The van der Waals surface area contributed by atoms with Gasteiger partial charge in [-0.3, -0.25) is 9.69 Å². The SMILES string of the molecule is CC(C(=O)O)C1CN(Cc2cc(F)ccc2Cl)C1. The number of likely N-dealkylation sites (tertiary alicyclic amines) is 1. The first-order valence-corrected chi connectivity index (χ1v) is 6.24. The van der Waals surface area contributed by atoms with Gasteiger partial charge in [-0.15, -0.1) is 0 Å². The second-order valence-electron chi connectivity index (χ2n) is 4.82. The maximum atomic E-state index is 13.1. The van der Waals surface area contributed by atoms with Crippen LogP contribution >= 0.6 is 11.6 Å². The van der Waals surface area contributed by atoms with E-state index in [1.807, 2.05) is 0 Å². The highest BCUT2D eigenvalue weighted by atomic mass is 35.5. The van der Waals surface area contributed by atoms with Gasteiger partial charge in [0.15, 0.2) is 0 Å². The third-order valence-corrected chi connectivity index (χ3v) is 3.85. The molecule has 1 fully saturated rings. The standard InChI is InChI=1S/C13H15ClFNO2/c1-8(13(17)18)10-6-16(7-10)5-9-4-11(15)2-3-12(9)14/h2-4,8,10H,5-7H2,1H3,(H,17,18). The molecule has 1 N–H and O–H groups in total. The van der Waals surface area contributed by atoms with Crippen molar-refractivity contribution in [1.82, 2.24) is 4.90 Å². The molecule has 18 heavy (non-hydrogen) atoms. The summed E-state index contributed by atoms with van der Waals surface area (Å²) in [6, 6.07) is 4.30. The monoisotopic (exact) mass is 271 g/mol. The molecule has 0 radical (unpaired) electrons. The van der Waals surface area contributed by atoms with E-state index in [4.69, 9.17) is 16.7 Å². The van der Waals surface area contributed by atoms with E-state index < -0.39 is 5.97 Å². The molecule has 0 aromatic heterocycles. The van der Waals surface area contributed by atoms with Crippen molar-refractivity contribution in [1.29, 1.82) is 0 Å². The topological polar surface area (TPSA) is 40.5 Å². The average Bonchev–Trinajstić information content (AvgIpc) is 2.26. The zero-order chi connectivity index (χ0) is 13.3. The van der Waals surface area contributed by atoms with Gasteiger partial charge in [-0.1, -0.05) is 18.5 Å². The lowest BCUT2D eigenvalue weighted by molar-refractivity contribution is -0.145. The molecule has 2 rings (SSSR count). The Hall–Kier alpha value is -1.13. The Morgan fingerprint density at radius 3 is 2.89 bits per heavy atom. The molecule has 1 aromatic carbocycles. The Bertz CT molecular complexity index is 460. The highest BCUT2D eigenvalue weighted by molar-refractivity contribution is 6.31. The number of hydrogen-bond donors (Lipinski definition) is 1. The van der Waals surface area contributed by atoms with Gasteiger partial charge in [0.1, 0.15) is 5.82 Å². The number of halogens is 2. The summed E-state index contributed by atoms with van der Waals surface area (Å²) < 4.78 is 13.1. The number of nitrogens with zero attached hydrogens (tertiary/aromatic N) is 1. The fraction of sp³-hybridized carbons (Fsp3) is 0.462. The van der Waals surface area contributed by atoms with Crippen molar-refractivity contribution in [2.75, 3.05) is 13.1 Å². The summed E-state index contributed by atoms with van der Waals surface area (Å²) in [6.07, 6.45) is 0. The second-order valence-corrected chi connectivity index (χ2v) is 5.22. The van der Waals surface area contributed by atoms with Crippen LogP contribution in [-0.2, 0) is 11.3 Å². The normalized spacial score (nSPS) is 18.4. The predicted molar refractivity (Wildman–Crippen MR) is 67.0 cm³/mol. The van der Waals surface area contributed by atoms with Crippen LogP contribution in [0.15, 0.2) is 18.2 Å². The Morgan fingerprint density at radius 1 is 1.61 bits per heavy atom. The Morgan fingerprint density at radius 2 is 2.28 bits per heavy atom. The molecule has 0 saturated carbocycles. The number of aliphatic carboxylic acids is 1. The van der Waals surface area contributed by atoms with E-state index in [9.17, 15) is 9.18 Å². The lowest BCUT2D eigenvalue weighted by Crippen LogP contribution is -2.50. The van der Waals surface area contributed by atoms with E-state index in [0.717, 1.165) is 18.7 Å². The van der Waals surface area contributed by atoms with Crippen molar-refractivity contribution in [3.63, 3.8) is 0 Å². The molecule has 3 nitrogen and oxygen atoms in total. The van der Waals surface area contributed by atoms with Gasteiger partial charge >= 0.3 is 5.97 Å². The molecule has 1 saturated heterocycles. The van der Waals surface area contributed by atoms with E-state index in [-0.39, 0.29) is 17.7 Å². The summed E-state index contributed by atoms with van der Waals surface area (Å²) in [5.41, 5.74) is 0.748. The van der Waals surface area contributed by atoms with Gasteiger partial charge in [0.2, 0.25) is 0 Å². The summed E-state index contributed by atoms with van der Waals surface area (Å²) in [6.45, 7) is 3.74. The van der Waals surface area contributed by atoms with Gasteiger partial charge in [-0.2, -0.15) is 0 Å². The van der Waals surface area contributed by atoms with Crippen LogP contribution in [0.3, 0.4) is 0 Å². The largest absolute Gasteiger partial charge is 0.481 e. The van der Waals surface area contributed by atoms with Crippen LogP contribution in [0, 0.1) is 17.7 Å². The quantitative estimate of drug-likeness (QED) is 0.915. The van der Waals surface area contributed by atoms with E-state index >= 15 is 0 Å². The summed E-state index contributed by atoms with van der Waals surface area (Å²) >= 11 is 5.98. The van der Waals surface area contributed by atoms with E-state index in [0.29, 0.717) is 11.6 Å². The van der Waals surface area contributed by atoms with Gasteiger partial charge in [0.05, 0.1) is 5.92 Å². The van der Waals surface area contributed by atoms with E-state index in [2.05, 4.69) is 4.90 Å². The zero-order valence-electron chi connectivity index (χ0n) is 10.1. The molecule has 1 aliphatic rings. The maximum Gasteiger partial charge on any atom is 0.306 e. The van der Waals surface area contributed by atoms with E-state index in [1.54, 1.807) is 13.0 Å². The Kier molecular flexibility index (Phi) is 3.88. The van der Waals surface area contributed by atoms with Crippen molar-refractivity contribution in [3.8, 4) is 0 Å². The first kappa shape index (κ1) is 13.3. The van der Waals surface area contributed by atoms with Crippen molar-refractivity contribution in [2.24, 2.45) is 11.8 Å². The average molecular weight is 272 g/mol. The Labute approximate surface area is 110 Å². The highest BCUT2D eigenvalue weighted by Crippen LogP contribution is 2.27. The molecule has 0 amide bonds. The van der Waals surface area contributed by atoms with Crippen LogP contribution in [-0.4, -0.2) is 29.1 Å². The number of carbonyl (C=O) groups is 1. The summed E-state index contributed by atoms with van der Waals surface area (Å²) in [7, 11) is 0. The van der Waals surface area contributed by atoms with Crippen LogP contribution in [0.25, 0.3) is 0 Å². The Balaban J connectivity index is 1.90. The van der Waals surface area contributed by atoms with Gasteiger partial charge in [0.25, 0.3) is 0 Å². The van der Waals surface area contributed by atoms with E-state index in [1.165, 1.54) is 12.1 Å². The van der Waals surface area contributed by atoms with Crippen molar-refractivity contribution in [3.05, 3.63) is 34.6 Å². The lowest BCUT2D eigenvalue weighted by atomic mass is 9.87. The first-order chi connectivity index (χ1) is 8.47. The van der Waals surface area contributed by atoms with Crippen LogP contribution in [0.4, 0.5) is 4.39 Å². The van der Waals surface area contributed by atoms with Crippen molar-refractivity contribution in [2.45, 2.75) is 13.5 Å². The molecule has 0 bridgehead atoms. The molecule has 0 aliphatic carbocycles. The number of benzene rings is 1. The summed E-state index contributed by atoms with van der Waals surface area (Å²) in [5, 5.41) is 9.43. The molecule has 98 valence electrons. The second kappa shape index (κ2) is 5.24. The fourth-order valence-corrected chi connectivity index (χ4v) is 2.34. The highest BCUT2D eigenvalue weighted by Gasteiger charge is 2.34. The molecular weight excluding hydrogens is 257 g/mol. The van der Waals surface area contributed by atoms with Crippen molar-refractivity contribution >= 4 is 17.6 Å². The van der Waals surface area contributed by atoms with Crippen LogP contribution in [0.2, 0.25) is 5.02 Å². The summed E-state index contributed by atoms with van der Waals surface area (Å²) in [5.74, 6) is -1.21. The minimum atomic E-state index is -0.761. The fourth-order valence-electron chi connectivity index (χ4n) is 2.16. The predicted octanol–water partition coefficient (Wildman–Crippen LogP) is 2.63. The number of carboxylic acid groups (broad SMARTS) is 1. The molecule has 1 unspecified atom stereocenters. The molecule has 1 aromatic rings. The summed E-state index contributed by atoms with van der Waals surface area (Å²) in [4.78, 5) is 12.9. The molecule has 0 spiro atoms. The third-order valence-electron chi connectivity index (χ3n) is 3.48. The molecule has 1 heterocycles. The minimum Gasteiger partial charge on any atom is -0.481 e. The van der Waals surface area contributed by atoms with Crippen LogP contribution < -0.4 is 0 Å². The molecular formula is C13H15ClFNO2. The van der Waals surface area contributed by atoms with Gasteiger partial charge in [0, 0.05) is 24.7 Å². The third kappa shape index (κ3) is 2.82. The molecule has 1 atom stereocenters. The maximum absolute atomic E-state index is 13.1. The van der Waals surface area contributed by atoms with Gasteiger partial charge < -0.3 is 5.11 Å². The zero-order valence-corrected chi connectivity index (χ0v) is 10.8. The van der Waals surface area contributed by atoms with Crippen LogP contribution in [0.1, 0.15) is 12.5 Å². The smallest absolute Gasteiger partial charge is 0.306 e. The number of rotatable bonds is 4. The van der Waals surface area contributed by atoms with Crippen molar-refractivity contribution < 1.29 is 14.3 Å². The molecule has 1 aliphatic heterocycles. The lowest BCUT2D eigenvalue weighted by Gasteiger charge is -2.41. The number of carboxylic acids is 1.